The van der Waals surface area contributed by atoms with E-state index in [1.165, 1.54) is 18.2 Å². The Bertz CT molecular complexity index is 3160. The highest BCUT2D eigenvalue weighted by Crippen LogP contribution is 2.47. The molecule has 2 aromatic heterocycles. The van der Waals surface area contributed by atoms with Gasteiger partial charge in [0.2, 0.25) is 27.8 Å². The first-order chi connectivity index (χ1) is 33.1. The minimum Gasteiger partial charge on any atom is -0.442 e. The normalized spacial score (nSPS) is 18.2. The van der Waals surface area contributed by atoms with Crippen molar-refractivity contribution in [2.75, 3.05) is 10.0 Å². The van der Waals surface area contributed by atoms with E-state index in [1.807, 2.05) is 0 Å². The lowest BCUT2D eigenvalue weighted by atomic mass is 10.1. The smallest absolute Gasteiger partial charge is 0.434 e. The van der Waals surface area contributed by atoms with Crippen molar-refractivity contribution >= 4 is 123 Å². The molecule has 4 heterocycles. The third-order valence-electron chi connectivity index (χ3n) is 10.4. The first-order valence-corrected chi connectivity index (χ1v) is 28.4. The molecule has 376 valence electrons. The molecule has 16 nitrogen and oxygen atoms in total. The molecular formula is C48H49ClN4O12S6. The summed E-state index contributed by atoms with van der Waals surface area (Å²) >= 11 is 8.61. The number of amides is 6. The van der Waals surface area contributed by atoms with E-state index in [0.29, 0.717) is 45.8 Å². The van der Waals surface area contributed by atoms with Gasteiger partial charge in [0.1, 0.15) is 19.6 Å². The van der Waals surface area contributed by atoms with E-state index >= 15 is 0 Å². The van der Waals surface area contributed by atoms with E-state index in [2.05, 4.69) is 34.3 Å². The Morgan fingerprint density at radius 1 is 0.662 bits per heavy atom. The number of hydrazine groups is 1. The number of rotatable bonds is 12. The van der Waals surface area contributed by atoms with Gasteiger partial charge < -0.3 is 9.47 Å². The fourth-order valence-corrected chi connectivity index (χ4v) is 17.1. The predicted octanol–water partition coefficient (Wildman–Crippen LogP) is 10.5. The van der Waals surface area contributed by atoms with Crippen molar-refractivity contribution in [3.05, 3.63) is 92.6 Å². The molecule has 2 fully saturated rings. The van der Waals surface area contributed by atoms with Crippen LogP contribution in [-0.2, 0) is 38.7 Å². The summed E-state index contributed by atoms with van der Waals surface area (Å²) in [4.78, 5) is 79.7. The van der Waals surface area contributed by atoms with Crippen LogP contribution in [0.5, 0.6) is 0 Å². The van der Waals surface area contributed by atoms with Gasteiger partial charge in [0.15, 0.2) is 0 Å². The first-order valence-electron chi connectivity index (χ1n) is 21.7. The molecule has 2 aromatic carbocycles. The fraction of sp³-hybridized carbons (Fsp3) is 0.375. The molecule has 0 aliphatic carbocycles. The van der Waals surface area contributed by atoms with Gasteiger partial charge in [0, 0.05) is 24.0 Å². The van der Waals surface area contributed by atoms with Crippen LogP contribution >= 0.6 is 57.8 Å². The number of unbranched alkanes of at least 4 members (excludes halogenated alkanes) is 2. The van der Waals surface area contributed by atoms with Gasteiger partial charge in [0.25, 0.3) is 22.3 Å². The van der Waals surface area contributed by atoms with Crippen molar-refractivity contribution in [1.29, 1.82) is 0 Å². The Hall–Kier alpha value is -5.33. The van der Waals surface area contributed by atoms with Gasteiger partial charge >= 0.3 is 12.2 Å². The van der Waals surface area contributed by atoms with Crippen molar-refractivity contribution < 1.29 is 55.1 Å². The molecule has 6 amide bonds. The van der Waals surface area contributed by atoms with Gasteiger partial charge in [-0.3, -0.25) is 29.8 Å². The summed E-state index contributed by atoms with van der Waals surface area (Å²) in [7, 11) is -8.60. The van der Waals surface area contributed by atoms with Crippen LogP contribution in [0.15, 0.2) is 74.5 Å². The Balaban J connectivity index is 1.31. The highest BCUT2D eigenvalue weighted by molar-refractivity contribution is 8.26. The first kappa shape index (κ1) is 55.0. The summed E-state index contributed by atoms with van der Waals surface area (Å²) < 4.78 is 62.5. The maximum absolute atomic E-state index is 14.4. The molecular weight excluding hydrogens is 1050 g/mol. The summed E-state index contributed by atoms with van der Waals surface area (Å²) in [6.07, 6.45) is -1.89. The van der Waals surface area contributed by atoms with E-state index in [-0.39, 0.29) is 62.7 Å². The molecule has 0 spiro atoms. The van der Waals surface area contributed by atoms with Crippen LogP contribution in [0.3, 0.4) is 0 Å². The summed E-state index contributed by atoms with van der Waals surface area (Å²) in [6, 6.07) is 15.4. The van der Waals surface area contributed by atoms with E-state index in [4.69, 9.17) is 21.1 Å². The highest BCUT2D eigenvalue weighted by atomic mass is 35.5. The maximum Gasteiger partial charge on any atom is 0.434 e. The largest absolute Gasteiger partial charge is 0.442 e. The van der Waals surface area contributed by atoms with Crippen LogP contribution in [0.4, 0.5) is 30.6 Å². The monoisotopic (exact) mass is 1100 g/mol. The summed E-state index contributed by atoms with van der Waals surface area (Å²) in [5.41, 5.74) is 0.437. The van der Waals surface area contributed by atoms with Crippen LogP contribution in [-0.4, -0.2) is 70.7 Å². The summed E-state index contributed by atoms with van der Waals surface area (Å²) in [5.74, 6) is 10.3. The number of carbonyl (C=O) groups is 6. The molecule has 2 unspecified atom stereocenters. The number of imide groups is 2. The Labute approximate surface area is 434 Å². The molecule has 2 aliphatic heterocycles. The van der Waals surface area contributed by atoms with Gasteiger partial charge in [-0.2, -0.15) is 10.0 Å². The molecule has 6 rings (SSSR count). The minimum absolute atomic E-state index is 0.0350. The molecule has 2 N–H and O–H groups in total. The number of sulfone groups is 2. The van der Waals surface area contributed by atoms with Crippen LogP contribution in [0.2, 0.25) is 4.34 Å². The van der Waals surface area contributed by atoms with Crippen LogP contribution in [0, 0.1) is 37.5 Å². The molecule has 71 heavy (non-hydrogen) atoms. The second kappa shape index (κ2) is 21.4. The summed E-state index contributed by atoms with van der Waals surface area (Å²) in [6.45, 7) is 13.5. The molecule has 0 saturated carbocycles. The zero-order valence-electron chi connectivity index (χ0n) is 39.7. The maximum atomic E-state index is 14.4. The van der Waals surface area contributed by atoms with E-state index in [9.17, 15) is 45.6 Å². The molecule has 2 atom stereocenters. The number of hydrogen-bond donors (Lipinski definition) is 2. The molecule has 2 aliphatic rings. The molecule has 2 saturated heterocycles. The number of halogens is 1. The van der Waals surface area contributed by atoms with Crippen LogP contribution < -0.4 is 20.7 Å². The Kier molecular flexibility index (Phi) is 16.6. The van der Waals surface area contributed by atoms with E-state index in [0.717, 1.165) is 32.7 Å². The lowest BCUT2D eigenvalue weighted by molar-refractivity contribution is -0.120. The topological polar surface area (TPSA) is 220 Å². The lowest BCUT2D eigenvalue weighted by Gasteiger charge is -2.36. The minimum atomic E-state index is -4.35. The number of ether oxygens (including phenoxy) is 2. The third-order valence-corrected chi connectivity index (χ3v) is 21.6. The SMILES string of the molecule is Cc1ccc(N(C(=O)OC(C)(C)C)N(C(=O)OC(C)(C)C)c2ccc(C)c(C#CCCCC3(S(=O)(=O)c4ccc(Cl)s4)SC(=O)NC3=O)c2)cc1C#CCCCC1(S(=O)(=O)c2cccs2)SC(=O)NC1=O. The van der Waals surface area contributed by atoms with E-state index in [1.54, 1.807) is 103 Å². The number of thiophene rings is 2. The average molecular weight is 1100 g/mol. The molecule has 4 aromatic rings. The summed E-state index contributed by atoms with van der Waals surface area (Å²) in [5, 5.41) is 6.29. The number of aryl methyl sites for hydroxylation is 2. The van der Waals surface area contributed by atoms with Gasteiger partial charge in [0.05, 0.1) is 15.7 Å². The molecule has 0 bridgehead atoms. The lowest BCUT2D eigenvalue weighted by Crippen LogP contribution is -2.53. The predicted molar refractivity (Wildman–Crippen MR) is 277 cm³/mol. The average Bonchev–Trinajstić information content (AvgIpc) is 4.08. The van der Waals surface area contributed by atoms with E-state index < -0.39 is 73.5 Å². The quantitative estimate of drug-likeness (QED) is 0.0766. The van der Waals surface area contributed by atoms with Crippen molar-refractivity contribution in [1.82, 2.24) is 10.6 Å². The van der Waals surface area contributed by atoms with Crippen molar-refractivity contribution in [2.24, 2.45) is 0 Å². The number of thioether (sulfide) groups is 2. The zero-order valence-corrected chi connectivity index (χ0v) is 45.4. The number of hydrogen-bond acceptors (Lipinski definition) is 16. The number of carbonyl (C=O) groups excluding carboxylic acids is 6. The number of nitrogens with zero attached hydrogens (tertiary/aromatic N) is 2. The van der Waals surface area contributed by atoms with Crippen molar-refractivity contribution in [2.45, 2.75) is 122 Å². The second-order valence-corrected chi connectivity index (χ2v) is 28.6. The zero-order chi connectivity index (χ0) is 52.3. The molecule has 23 heteroatoms. The molecule has 0 radical (unpaired) electrons. The highest BCUT2D eigenvalue weighted by Gasteiger charge is 2.59. The number of nitrogens with one attached hydrogen (secondary N) is 2. The Morgan fingerprint density at radius 3 is 1.45 bits per heavy atom. The number of anilines is 2. The van der Waals surface area contributed by atoms with Gasteiger partial charge in [-0.1, -0.05) is 53.5 Å². The van der Waals surface area contributed by atoms with Crippen molar-refractivity contribution in [3.63, 3.8) is 0 Å². The van der Waals surface area contributed by atoms with Crippen molar-refractivity contribution in [3.8, 4) is 23.7 Å². The number of benzene rings is 2. The van der Waals surface area contributed by atoms with Gasteiger partial charge in [-0.15, -0.1) is 22.7 Å². The van der Waals surface area contributed by atoms with Crippen LogP contribution in [0.1, 0.15) is 102 Å². The van der Waals surface area contributed by atoms with Crippen LogP contribution in [0.25, 0.3) is 0 Å². The van der Waals surface area contributed by atoms with Gasteiger partial charge in [-0.25, -0.2) is 26.4 Å². The fourth-order valence-electron chi connectivity index (χ4n) is 7.06. The second-order valence-electron chi connectivity index (χ2n) is 18.1. The Morgan fingerprint density at radius 2 is 1.10 bits per heavy atom. The third kappa shape index (κ3) is 12.1. The standard InChI is InChI=1S/C48H49ClN4O12S6/c1-30-19-21-34(28-32(30)16-11-9-13-25-47(39(54)50-41(56)68-47)70(60,61)37-18-15-27-66-37)52(43(58)64-45(3,4)5)53(44(59)65-46(6,7)8)35-22-20-31(2)33(29-35)17-12-10-14-26-48(40(55)51-42(57)69-48)71(62,63)38-24-23-36(49)67-38/h15,18-24,27-29H,9-10,13-14,25-26H2,1-8H3,(H,50,54,56)(H,51,55,57). The van der Waals surface area contributed by atoms with Gasteiger partial charge in [-0.05, 0) is 164 Å².